The lowest BCUT2D eigenvalue weighted by Gasteiger charge is -2.24. The minimum Gasteiger partial charge on any atom is -0.380 e. The van der Waals surface area contributed by atoms with Crippen molar-refractivity contribution in [2.75, 3.05) is 38.2 Å². The first kappa shape index (κ1) is 22.7. The molecule has 0 bridgehead atoms. The number of hydrogen-bond acceptors (Lipinski definition) is 3. The van der Waals surface area contributed by atoms with E-state index in [-0.39, 0.29) is 35.8 Å². The van der Waals surface area contributed by atoms with Gasteiger partial charge in [0.2, 0.25) is 5.91 Å². The number of nitrogens with one attached hydrogen (secondary N) is 3. The number of rotatable bonds is 9. The van der Waals surface area contributed by atoms with Gasteiger partial charge in [-0.3, -0.25) is 9.79 Å². The number of ether oxygens (including phenoxy) is 1. The molecule has 1 atom stereocenters. The number of hydrogen-bond donors (Lipinski definition) is 3. The van der Waals surface area contributed by atoms with Crippen LogP contribution in [0.3, 0.4) is 0 Å². The highest BCUT2D eigenvalue weighted by atomic mass is 127. The number of para-hydroxylation sites is 1. The summed E-state index contributed by atoms with van der Waals surface area (Å²) in [5.74, 6) is 0.937. The number of carbonyl (C=O) groups is 1. The first-order chi connectivity index (χ1) is 12.2. The largest absolute Gasteiger partial charge is 0.380 e. The van der Waals surface area contributed by atoms with Gasteiger partial charge in [0, 0.05) is 37.7 Å². The van der Waals surface area contributed by atoms with Crippen molar-refractivity contribution < 1.29 is 9.53 Å². The average molecular weight is 474 g/mol. The molecule has 0 radical (unpaired) electrons. The third-order valence-corrected chi connectivity index (χ3v) is 4.10. The quantitative estimate of drug-likeness (QED) is 0.223. The van der Waals surface area contributed by atoms with Gasteiger partial charge < -0.3 is 20.7 Å². The van der Waals surface area contributed by atoms with E-state index in [9.17, 15) is 4.79 Å². The Hall–Kier alpha value is -1.35. The molecular weight excluding hydrogens is 443 g/mol. The Morgan fingerprint density at radius 2 is 2.08 bits per heavy atom. The Labute approximate surface area is 173 Å². The lowest BCUT2D eigenvalue weighted by atomic mass is 9.91. The Morgan fingerprint density at radius 1 is 1.27 bits per heavy atom. The van der Waals surface area contributed by atoms with Gasteiger partial charge in [-0.1, -0.05) is 31.5 Å². The molecule has 7 heteroatoms. The highest BCUT2D eigenvalue weighted by molar-refractivity contribution is 14.0. The van der Waals surface area contributed by atoms with Crippen LogP contribution in [0.25, 0.3) is 0 Å². The number of anilines is 1. The van der Waals surface area contributed by atoms with Crippen molar-refractivity contribution in [2.24, 2.45) is 4.99 Å². The minimum absolute atomic E-state index is 0. The molecule has 0 fully saturated rings. The smallest absolute Gasteiger partial charge is 0.225 e. The molecule has 1 aliphatic heterocycles. The second-order valence-corrected chi connectivity index (χ2v) is 6.15. The van der Waals surface area contributed by atoms with Crippen LogP contribution in [-0.4, -0.2) is 44.7 Å². The summed E-state index contributed by atoms with van der Waals surface area (Å²) in [6.07, 6.45) is 2.71. The first-order valence-corrected chi connectivity index (χ1v) is 9.23. The van der Waals surface area contributed by atoms with Gasteiger partial charge in [0.15, 0.2) is 5.96 Å². The molecule has 146 valence electrons. The molecule has 1 aromatic rings. The number of benzene rings is 1. The first-order valence-electron chi connectivity index (χ1n) is 9.23. The Morgan fingerprint density at radius 3 is 2.85 bits per heavy atom. The van der Waals surface area contributed by atoms with Crippen molar-refractivity contribution >= 4 is 41.5 Å². The average Bonchev–Trinajstić information content (AvgIpc) is 2.62. The van der Waals surface area contributed by atoms with Crippen LogP contribution in [0, 0.1) is 0 Å². The van der Waals surface area contributed by atoms with Crippen LogP contribution >= 0.6 is 24.0 Å². The molecule has 0 aliphatic carbocycles. The summed E-state index contributed by atoms with van der Waals surface area (Å²) < 4.78 is 5.56. The lowest BCUT2D eigenvalue weighted by molar-refractivity contribution is -0.116. The molecule has 0 saturated carbocycles. The van der Waals surface area contributed by atoms with Gasteiger partial charge >= 0.3 is 0 Å². The SMILES string of the molecule is CCCCOCCNC(=NCC1CC(=O)Nc2ccccc21)NCC.I. The van der Waals surface area contributed by atoms with Gasteiger partial charge in [-0.25, -0.2) is 0 Å². The van der Waals surface area contributed by atoms with E-state index in [1.807, 2.05) is 25.1 Å². The third kappa shape index (κ3) is 7.49. The zero-order chi connectivity index (χ0) is 17.9. The number of aliphatic imine (C=N–C) groups is 1. The van der Waals surface area contributed by atoms with E-state index in [1.54, 1.807) is 0 Å². The van der Waals surface area contributed by atoms with Gasteiger partial charge in [-0.2, -0.15) is 0 Å². The van der Waals surface area contributed by atoms with E-state index in [4.69, 9.17) is 4.74 Å². The van der Waals surface area contributed by atoms with Crippen molar-refractivity contribution in [1.29, 1.82) is 0 Å². The number of halogens is 1. The predicted octanol–water partition coefficient (Wildman–Crippen LogP) is 3.10. The number of fused-ring (bicyclic) bond motifs is 1. The molecule has 0 saturated heterocycles. The highest BCUT2D eigenvalue weighted by Gasteiger charge is 2.24. The number of guanidine groups is 1. The number of carbonyl (C=O) groups excluding carboxylic acids is 1. The third-order valence-electron chi connectivity index (χ3n) is 4.10. The summed E-state index contributed by atoms with van der Waals surface area (Å²) in [6.45, 7) is 7.76. The van der Waals surface area contributed by atoms with Crippen molar-refractivity contribution in [3.63, 3.8) is 0 Å². The van der Waals surface area contributed by atoms with Crippen LogP contribution in [0.1, 0.15) is 44.6 Å². The Kier molecular flexibility index (Phi) is 11.3. The van der Waals surface area contributed by atoms with Crippen LogP contribution in [-0.2, 0) is 9.53 Å². The normalized spacial score (nSPS) is 16.3. The molecule has 6 nitrogen and oxygen atoms in total. The molecule has 2 rings (SSSR count). The molecular formula is C19H31IN4O2. The summed E-state index contributed by atoms with van der Waals surface area (Å²) in [5, 5.41) is 9.45. The molecule has 1 unspecified atom stereocenters. The van der Waals surface area contributed by atoms with Crippen LogP contribution < -0.4 is 16.0 Å². The molecule has 3 N–H and O–H groups in total. The van der Waals surface area contributed by atoms with Crippen LogP contribution in [0.4, 0.5) is 5.69 Å². The fraction of sp³-hybridized carbons (Fsp3) is 0.579. The van der Waals surface area contributed by atoms with Crippen molar-refractivity contribution in [1.82, 2.24) is 10.6 Å². The molecule has 1 aliphatic rings. The topological polar surface area (TPSA) is 74.8 Å². The van der Waals surface area contributed by atoms with Gasteiger partial charge in [0.25, 0.3) is 0 Å². The summed E-state index contributed by atoms with van der Waals surface area (Å²) in [6, 6.07) is 7.95. The summed E-state index contributed by atoms with van der Waals surface area (Å²) in [7, 11) is 0. The second kappa shape index (κ2) is 12.9. The summed E-state index contributed by atoms with van der Waals surface area (Å²) >= 11 is 0. The highest BCUT2D eigenvalue weighted by Crippen LogP contribution is 2.31. The van der Waals surface area contributed by atoms with E-state index in [0.717, 1.165) is 49.7 Å². The predicted molar refractivity (Wildman–Crippen MR) is 118 cm³/mol. The fourth-order valence-corrected chi connectivity index (χ4v) is 2.80. The van der Waals surface area contributed by atoms with E-state index in [2.05, 4.69) is 33.9 Å². The Bertz CT molecular complexity index is 580. The lowest BCUT2D eigenvalue weighted by Crippen LogP contribution is -2.39. The van der Waals surface area contributed by atoms with E-state index >= 15 is 0 Å². The van der Waals surface area contributed by atoms with Gasteiger partial charge in [0.1, 0.15) is 0 Å². The number of nitrogens with zero attached hydrogens (tertiary/aromatic N) is 1. The van der Waals surface area contributed by atoms with E-state index in [1.165, 1.54) is 0 Å². The standard InChI is InChI=1S/C19H30N4O2.HI/c1-3-5-11-25-12-10-21-19(20-4-2)22-14-15-13-18(24)23-17-9-7-6-8-16(15)17;/h6-9,15H,3-5,10-14H2,1-2H3,(H,23,24)(H2,20,21,22);1H. The molecule has 1 aromatic carbocycles. The zero-order valence-corrected chi connectivity index (χ0v) is 18.0. The van der Waals surface area contributed by atoms with Crippen LogP contribution in [0.5, 0.6) is 0 Å². The number of unbranched alkanes of at least 4 members (excludes halogenated alkanes) is 1. The van der Waals surface area contributed by atoms with Gasteiger partial charge in [0.05, 0.1) is 13.2 Å². The summed E-state index contributed by atoms with van der Waals surface area (Å²) in [5.41, 5.74) is 2.06. The molecule has 26 heavy (non-hydrogen) atoms. The molecule has 1 amide bonds. The van der Waals surface area contributed by atoms with Crippen molar-refractivity contribution in [2.45, 2.75) is 39.0 Å². The second-order valence-electron chi connectivity index (χ2n) is 6.15. The van der Waals surface area contributed by atoms with Gasteiger partial charge in [-0.05, 0) is 25.0 Å². The maximum absolute atomic E-state index is 11.9. The van der Waals surface area contributed by atoms with E-state index in [0.29, 0.717) is 19.6 Å². The number of amides is 1. The fourth-order valence-electron chi connectivity index (χ4n) is 2.80. The minimum atomic E-state index is 0. The molecule has 0 aromatic heterocycles. The molecule has 0 spiro atoms. The van der Waals surface area contributed by atoms with Gasteiger partial charge in [-0.15, -0.1) is 24.0 Å². The van der Waals surface area contributed by atoms with Crippen LogP contribution in [0.15, 0.2) is 29.3 Å². The monoisotopic (exact) mass is 474 g/mol. The maximum Gasteiger partial charge on any atom is 0.225 e. The molecule has 1 heterocycles. The summed E-state index contributed by atoms with van der Waals surface area (Å²) in [4.78, 5) is 16.6. The Balaban J connectivity index is 0.00000338. The maximum atomic E-state index is 11.9. The van der Waals surface area contributed by atoms with Crippen molar-refractivity contribution in [3.8, 4) is 0 Å². The van der Waals surface area contributed by atoms with Crippen LogP contribution in [0.2, 0.25) is 0 Å². The zero-order valence-electron chi connectivity index (χ0n) is 15.7. The van der Waals surface area contributed by atoms with E-state index < -0.39 is 0 Å². The van der Waals surface area contributed by atoms with Crippen molar-refractivity contribution in [3.05, 3.63) is 29.8 Å².